The van der Waals surface area contributed by atoms with E-state index in [4.69, 9.17) is 10.5 Å². The van der Waals surface area contributed by atoms with Gasteiger partial charge in [0.05, 0.1) is 0 Å². The topological polar surface area (TPSA) is 35.2 Å². The van der Waals surface area contributed by atoms with Crippen molar-refractivity contribution in [3.63, 3.8) is 0 Å². The Morgan fingerprint density at radius 1 is 1.35 bits per heavy atom. The second-order valence-electron chi connectivity index (χ2n) is 4.14. The number of hydrogen-bond acceptors (Lipinski definition) is 2. The monoisotopic (exact) mass is 243 g/mol. The zero-order valence-corrected chi connectivity index (χ0v) is 10.2. The van der Waals surface area contributed by atoms with Crippen molar-refractivity contribution >= 4 is 0 Å². The van der Waals surface area contributed by atoms with E-state index in [1.807, 2.05) is 32.0 Å². The average Bonchev–Trinajstić information content (AvgIpc) is 2.27. The molecule has 4 heteroatoms. The normalized spacial score (nSPS) is 12.8. The van der Waals surface area contributed by atoms with E-state index in [2.05, 4.69) is 0 Å². The van der Waals surface area contributed by atoms with E-state index in [1.165, 1.54) is 0 Å². The van der Waals surface area contributed by atoms with E-state index in [0.717, 1.165) is 17.5 Å². The van der Waals surface area contributed by atoms with Crippen molar-refractivity contribution in [1.82, 2.24) is 0 Å². The van der Waals surface area contributed by atoms with Gasteiger partial charge in [-0.3, -0.25) is 0 Å². The molecule has 0 aliphatic heterocycles. The summed E-state index contributed by atoms with van der Waals surface area (Å²) in [5.41, 5.74) is 7.65. The van der Waals surface area contributed by atoms with Crippen molar-refractivity contribution in [2.45, 2.75) is 39.2 Å². The highest BCUT2D eigenvalue weighted by Crippen LogP contribution is 2.25. The highest BCUT2D eigenvalue weighted by molar-refractivity contribution is 5.41. The van der Waals surface area contributed by atoms with Crippen molar-refractivity contribution in [2.75, 3.05) is 6.61 Å². The third-order valence-corrected chi connectivity index (χ3v) is 2.65. The second-order valence-corrected chi connectivity index (χ2v) is 4.14. The van der Waals surface area contributed by atoms with Crippen molar-refractivity contribution < 1.29 is 13.5 Å². The number of hydrogen-bond donors (Lipinski definition) is 1. The van der Waals surface area contributed by atoms with Gasteiger partial charge < -0.3 is 10.5 Å². The molecule has 0 spiro atoms. The molecule has 1 aromatic carbocycles. The number of halogens is 2. The Morgan fingerprint density at radius 2 is 2.06 bits per heavy atom. The summed E-state index contributed by atoms with van der Waals surface area (Å²) in [5.74, 6) is 0.553. The molecule has 0 heterocycles. The Hall–Kier alpha value is -1.16. The van der Waals surface area contributed by atoms with E-state index < -0.39 is 13.0 Å². The summed E-state index contributed by atoms with van der Waals surface area (Å²) in [5, 5.41) is 0. The van der Waals surface area contributed by atoms with Crippen molar-refractivity contribution in [3.05, 3.63) is 29.3 Å². The molecule has 2 N–H and O–H groups in total. The standard InChI is InChI=1S/C13H19F2NO/c1-3-11(16)7-10-6-4-5-9(2)13(10)17-8-12(14)15/h4-6,11-12H,3,7-8,16H2,1-2H3. The zero-order chi connectivity index (χ0) is 12.8. The lowest BCUT2D eigenvalue weighted by molar-refractivity contribution is 0.0810. The van der Waals surface area contributed by atoms with Gasteiger partial charge in [0.25, 0.3) is 6.43 Å². The summed E-state index contributed by atoms with van der Waals surface area (Å²) in [6.07, 6.45) is -0.957. The maximum Gasteiger partial charge on any atom is 0.272 e. The van der Waals surface area contributed by atoms with Gasteiger partial charge in [0.15, 0.2) is 0 Å². The van der Waals surface area contributed by atoms with Crippen LogP contribution >= 0.6 is 0 Å². The van der Waals surface area contributed by atoms with Gasteiger partial charge in [-0.15, -0.1) is 0 Å². The first kappa shape index (κ1) is 13.9. The molecule has 1 unspecified atom stereocenters. The number of para-hydroxylation sites is 1. The van der Waals surface area contributed by atoms with Gasteiger partial charge >= 0.3 is 0 Å². The fourth-order valence-electron chi connectivity index (χ4n) is 1.65. The van der Waals surface area contributed by atoms with Crippen molar-refractivity contribution in [2.24, 2.45) is 5.73 Å². The van der Waals surface area contributed by atoms with Gasteiger partial charge in [-0.2, -0.15) is 0 Å². The van der Waals surface area contributed by atoms with Gasteiger partial charge in [-0.25, -0.2) is 8.78 Å². The van der Waals surface area contributed by atoms with Crippen LogP contribution in [0.1, 0.15) is 24.5 Å². The number of nitrogens with two attached hydrogens (primary N) is 1. The minimum Gasteiger partial charge on any atom is -0.487 e. The predicted molar refractivity (Wildman–Crippen MR) is 64.6 cm³/mol. The molecule has 0 bridgehead atoms. The molecular formula is C13H19F2NO. The fraction of sp³-hybridized carbons (Fsp3) is 0.538. The van der Waals surface area contributed by atoms with Crippen LogP contribution in [0.3, 0.4) is 0 Å². The molecule has 96 valence electrons. The Labute approximate surface area is 101 Å². The number of alkyl halides is 2. The van der Waals surface area contributed by atoms with Gasteiger partial charge in [-0.1, -0.05) is 25.1 Å². The van der Waals surface area contributed by atoms with Crippen LogP contribution in [0, 0.1) is 6.92 Å². The Bertz CT molecular complexity index is 355. The number of ether oxygens (including phenoxy) is 1. The predicted octanol–water partition coefficient (Wildman–Crippen LogP) is 2.92. The van der Waals surface area contributed by atoms with E-state index >= 15 is 0 Å². The third kappa shape index (κ3) is 4.30. The van der Waals surface area contributed by atoms with Crippen LogP contribution in [0.25, 0.3) is 0 Å². The van der Waals surface area contributed by atoms with Crippen molar-refractivity contribution in [1.29, 1.82) is 0 Å². The maximum atomic E-state index is 12.2. The number of aryl methyl sites for hydroxylation is 1. The molecule has 1 aromatic rings. The fourth-order valence-corrected chi connectivity index (χ4v) is 1.65. The van der Waals surface area contributed by atoms with E-state index in [0.29, 0.717) is 12.2 Å². The Balaban J connectivity index is 2.84. The molecule has 0 saturated heterocycles. The third-order valence-electron chi connectivity index (χ3n) is 2.65. The average molecular weight is 243 g/mol. The summed E-state index contributed by atoms with van der Waals surface area (Å²) < 4.78 is 29.5. The molecule has 0 fully saturated rings. The lowest BCUT2D eigenvalue weighted by Crippen LogP contribution is -2.22. The van der Waals surface area contributed by atoms with Crippen LogP contribution in [0.4, 0.5) is 8.78 Å². The first-order chi connectivity index (χ1) is 8.04. The minimum absolute atomic E-state index is 0.0331. The second kappa shape index (κ2) is 6.55. The smallest absolute Gasteiger partial charge is 0.272 e. The van der Waals surface area contributed by atoms with Crippen LogP contribution in [-0.4, -0.2) is 19.1 Å². The van der Waals surface area contributed by atoms with Crippen molar-refractivity contribution in [3.8, 4) is 5.75 Å². The first-order valence-electron chi connectivity index (χ1n) is 5.79. The van der Waals surface area contributed by atoms with Crippen LogP contribution in [-0.2, 0) is 6.42 Å². The quantitative estimate of drug-likeness (QED) is 0.833. The number of benzene rings is 1. The maximum absolute atomic E-state index is 12.2. The highest BCUT2D eigenvalue weighted by atomic mass is 19.3. The SMILES string of the molecule is CCC(N)Cc1cccc(C)c1OCC(F)F. The van der Waals surface area contributed by atoms with E-state index in [9.17, 15) is 8.78 Å². The molecule has 17 heavy (non-hydrogen) atoms. The van der Waals surface area contributed by atoms with E-state index in [-0.39, 0.29) is 6.04 Å². The molecule has 1 rings (SSSR count). The molecule has 0 aromatic heterocycles. The summed E-state index contributed by atoms with van der Waals surface area (Å²) in [6, 6.07) is 5.65. The molecule has 0 radical (unpaired) electrons. The molecule has 0 saturated carbocycles. The van der Waals surface area contributed by atoms with Crippen LogP contribution < -0.4 is 10.5 Å². The molecule has 1 atom stereocenters. The molecule has 0 aliphatic carbocycles. The summed E-state index contributed by atoms with van der Waals surface area (Å²) >= 11 is 0. The van der Waals surface area contributed by atoms with Crippen LogP contribution in [0.5, 0.6) is 5.75 Å². The van der Waals surface area contributed by atoms with E-state index in [1.54, 1.807) is 0 Å². The highest BCUT2D eigenvalue weighted by Gasteiger charge is 2.12. The molecule has 2 nitrogen and oxygen atoms in total. The molecule has 0 amide bonds. The number of rotatable bonds is 6. The van der Waals surface area contributed by atoms with Crippen LogP contribution in [0.15, 0.2) is 18.2 Å². The lowest BCUT2D eigenvalue weighted by Gasteiger charge is -2.16. The van der Waals surface area contributed by atoms with Gasteiger partial charge in [0.2, 0.25) is 0 Å². The Morgan fingerprint density at radius 3 is 2.65 bits per heavy atom. The zero-order valence-electron chi connectivity index (χ0n) is 10.2. The van der Waals surface area contributed by atoms with Gasteiger partial charge in [0, 0.05) is 6.04 Å². The Kier molecular flexibility index (Phi) is 5.35. The summed E-state index contributed by atoms with van der Waals surface area (Å²) in [4.78, 5) is 0. The van der Waals surface area contributed by atoms with Crippen LogP contribution in [0.2, 0.25) is 0 Å². The summed E-state index contributed by atoms with van der Waals surface area (Å²) in [6.45, 7) is 3.28. The molecular weight excluding hydrogens is 224 g/mol. The minimum atomic E-state index is -2.46. The largest absolute Gasteiger partial charge is 0.487 e. The first-order valence-corrected chi connectivity index (χ1v) is 5.79. The molecule has 0 aliphatic rings. The summed E-state index contributed by atoms with van der Waals surface area (Å²) in [7, 11) is 0. The lowest BCUT2D eigenvalue weighted by atomic mass is 10.0. The van der Waals surface area contributed by atoms with Gasteiger partial charge in [-0.05, 0) is 30.9 Å². The van der Waals surface area contributed by atoms with Gasteiger partial charge in [0.1, 0.15) is 12.4 Å².